The number of fused-ring (bicyclic) bond motifs is 1. The van der Waals surface area contributed by atoms with E-state index in [0.717, 1.165) is 36.4 Å². The van der Waals surface area contributed by atoms with E-state index < -0.39 is 5.97 Å². The number of carboxylic acids is 1. The molecule has 6 heteroatoms. The van der Waals surface area contributed by atoms with Crippen molar-refractivity contribution in [1.82, 2.24) is 4.90 Å². The standard InChI is InChI=1S/C16H21NO5/c1-10-12(16(18)19)4-3-5-17(10)8-11-6-14-15(22-9-21-14)7-13(11)20-2/h6-7,10,12H,3-5,8-9H2,1-2H3,(H,18,19)/t10-,12-/m0/s1. The number of aliphatic carboxylic acids is 1. The molecular weight excluding hydrogens is 286 g/mol. The monoisotopic (exact) mass is 307 g/mol. The molecule has 2 heterocycles. The van der Waals surface area contributed by atoms with E-state index in [1.165, 1.54) is 0 Å². The van der Waals surface area contributed by atoms with Gasteiger partial charge in [-0.15, -0.1) is 0 Å². The fourth-order valence-corrected chi connectivity index (χ4v) is 3.26. The van der Waals surface area contributed by atoms with Gasteiger partial charge in [0.15, 0.2) is 11.5 Å². The molecule has 6 nitrogen and oxygen atoms in total. The molecule has 0 unspecified atom stereocenters. The number of carbonyl (C=O) groups is 1. The molecule has 2 atom stereocenters. The lowest BCUT2D eigenvalue weighted by atomic mass is 9.90. The van der Waals surface area contributed by atoms with Crippen molar-refractivity contribution >= 4 is 5.97 Å². The highest BCUT2D eigenvalue weighted by Gasteiger charge is 2.33. The van der Waals surface area contributed by atoms with E-state index >= 15 is 0 Å². The van der Waals surface area contributed by atoms with E-state index in [0.29, 0.717) is 12.3 Å². The predicted molar refractivity (Wildman–Crippen MR) is 79.3 cm³/mol. The zero-order valence-electron chi connectivity index (χ0n) is 12.9. The van der Waals surface area contributed by atoms with Crippen molar-refractivity contribution in [2.24, 2.45) is 5.92 Å². The van der Waals surface area contributed by atoms with Crippen LogP contribution in [0.25, 0.3) is 0 Å². The SMILES string of the molecule is COc1cc2c(cc1CN1CCC[C@H](C(=O)O)[C@@H]1C)OCO2. The van der Waals surface area contributed by atoms with Crippen LogP contribution in [0.4, 0.5) is 0 Å². The Morgan fingerprint density at radius 2 is 2.14 bits per heavy atom. The first-order valence-corrected chi connectivity index (χ1v) is 7.53. The van der Waals surface area contributed by atoms with Crippen molar-refractivity contribution in [1.29, 1.82) is 0 Å². The summed E-state index contributed by atoms with van der Waals surface area (Å²) in [4.78, 5) is 13.5. The minimum Gasteiger partial charge on any atom is -0.496 e. The molecule has 1 N–H and O–H groups in total. The highest BCUT2D eigenvalue weighted by Crippen LogP contribution is 2.39. The number of nitrogens with zero attached hydrogens (tertiary/aromatic N) is 1. The van der Waals surface area contributed by atoms with Crippen LogP contribution in [-0.2, 0) is 11.3 Å². The van der Waals surface area contributed by atoms with Gasteiger partial charge in [-0.1, -0.05) is 0 Å². The van der Waals surface area contributed by atoms with Crippen LogP contribution >= 0.6 is 0 Å². The third-order valence-electron chi connectivity index (χ3n) is 4.58. The molecule has 0 aromatic heterocycles. The third-order valence-corrected chi connectivity index (χ3v) is 4.58. The fraction of sp³-hybridized carbons (Fsp3) is 0.562. The van der Waals surface area contributed by atoms with E-state index in [9.17, 15) is 9.90 Å². The van der Waals surface area contributed by atoms with Gasteiger partial charge in [0.25, 0.3) is 0 Å². The summed E-state index contributed by atoms with van der Waals surface area (Å²) in [6.45, 7) is 3.74. The minimum absolute atomic E-state index is 0.00128. The number of hydrogen-bond acceptors (Lipinski definition) is 5. The van der Waals surface area contributed by atoms with Crippen LogP contribution < -0.4 is 14.2 Å². The van der Waals surface area contributed by atoms with Crippen molar-refractivity contribution in [3.8, 4) is 17.2 Å². The van der Waals surface area contributed by atoms with Crippen LogP contribution in [0.5, 0.6) is 17.2 Å². The number of carboxylic acid groups (broad SMARTS) is 1. The van der Waals surface area contributed by atoms with Gasteiger partial charge in [0.2, 0.25) is 6.79 Å². The van der Waals surface area contributed by atoms with Gasteiger partial charge in [0, 0.05) is 24.2 Å². The molecule has 1 aromatic rings. The van der Waals surface area contributed by atoms with Crippen LogP contribution in [0.2, 0.25) is 0 Å². The van der Waals surface area contributed by atoms with Gasteiger partial charge in [0.05, 0.1) is 13.0 Å². The van der Waals surface area contributed by atoms with Crippen LogP contribution in [0.15, 0.2) is 12.1 Å². The molecule has 0 amide bonds. The zero-order chi connectivity index (χ0) is 15.7. The second kappa shape index (κ2) is 6.04. The normalized spacial score (nSPS) is 24.3. The maximum Gasteiger partial charge on any atom is 0.308 e. The molecule has 0 radical (unpaired) electrons. The van der Waals surface area contributed by atoms with Gasteiger partial charge < -0.3 is 19.3 Å². The number of rotatable bonds is 4. The molecule has 2 aliphatic rings. The molecular formula is C16H21NO5. The van der Waals surface area contributed by atoms with E-state index in [2.05, 4.69) is 4.90 Å². The second-order valence-corrected chi connectivity index (χ2v) is 5.82. The van der Waals surface area contributed by atoms with Crippen molar-refractivity contribution in [3.63, 3.8) is 0 Å². The van der Waals surface area contributed by atoms with Crippen molar-refractivity contribution < 1.29 is 24.1 Å². The first-order valence-electron chi connectivity index (χ1n) is 7.53. The van der Waals surface area contributed by atoms with Crippen LogP contribution in [0, 0.1) is 5.92 Å². The number of ether oxygens (including phenoxy) is 3. The number of hydrogen-bond donors (Lipinski definition) is 1. The summed E-state index contributed by atoms with van der Waals surface area (Å²) in [5, 5.41) is 9.33. The first kappa shape index (κ1) is 15.0. The molecule has 22 heavy (non-hydrogen) atoms. The molecule has 3 rings (SSSR count). The van der Waals surface area contributed by atoms with Gasteiger partial charge >= 0.3 is 5.97 Å². The van der Waals surface area contributed by atoms with E-state index in [4.69, 9.17) is 14.2 Å². The Morgan fingerprint density at radius 1 is 1.41 bits per heavy atom. The van der Waals surface area contributed by atoms with Crippen LogP contribution in [0.1, 0.15) is 25.3 Å². The number of piperidine rings is 1. The van der Waals surface area contributed by atoms with Gasteiger partial charge in [-0.3, -0.25) is 9.69 Å². The topological polar surface area (TPSA) is 68.2 Å². The van der Waals surface area contributed by atoms with Gasteiger partial charge in [0.1, 0.15) is 5.75 Å². The first-order chi connectivity index (χ1) is 10.6. The van der Waals surface area contributed by atoms with Crippen molar-refractivity contribution in [3.05, 3.63) is 17.7 Å². The fourth-order valence-electron chi connectivity index (χ4n) is 3.26. The summed E-state index contributed by atoms with van der Waals surface area (Å²) in [7, 11) is 1.63. The predicted octanol–water partition coefficient (Wildman–Crippen LogP) is 2.11. The molecule has 1 aromatic carbocycles. The van der Waals surface area contributed by atoms with E-state index in [1.54, 1.807) is 7.11 Å². The molecule has 0 saturated carbocycles. The maximum atomic E-state index is 11.4. The molecule has 0 aliphatic carbocycles. The molecule has 0 spiro atoms. The molecule has 1 saturated heterocycles. The van der Waals surface area contributed by atoms with E-state index in [-0.39, 0.29) is 18.8 Å². The van der Waals surface area contributed by atoms with Gasteiger partial charge in [-0.2, -0.15) is 0 Å². The molecule has 0 bridgehead atoms. The Labute approximate surface area is 129 Å². The molecule has 1 fully saturated rings. The summed E-state index contributed by atoms with van der Waals surface area (Å²) >= 11 is 0. The highest BCUT2D eigenvalue weighted by molar-refractivity contribution is 5.71. The quantitative estimate of drug-likeness (QED) is 0.919. The lowest BCUT2D eigenvalue weighted by Crippen LogP contribution is -2.45. The smallest absolute Gasteiger partial charge is 0.308 e. The lowest BCUT2D eigenvalue weighted by molar-refractivity contribution is -0.145. The Morgan fingerprint density at radius 3 is 2.82 bits per heavy atom. The van der Waals surface area contributed by atoms with Crippen molar-refractivity contribution in [2.75, 3.05) is 20.4 Å². The van der Waals surface area contributed by atoms with E-state index in [1.807, 2.05) is 19.1 Å². The summed E-state index contributed by atoms with van der Waals surface area (Å²) in [6.07, 6.45) is 1.64. The average Bonchev–Trinajstić information content (AvgIpc) is 2.95. The Hall–Kier alpha value is -1.95. The maximum absolute atomic E-state index is 11.4. The van der Waals surface area contributed by atoms with Crippen molar-refractivity contribution in [2.45, 2.75) is 32.4 Å². The summed E-state index contributed by atoms with van der Waals surface area (Å²) in [5.74, 6) is 1.13. The number of benzene rings is 1. The average molecular weight is 307 g/mol. The Bertz CT molecular complexity index is 574. The molecule has 2 aliphatic heterocycles. The Balaban J connectivity index is 1.81. The summed E-state index contributed by atoms with van der Waals surface area (Å²) < 4.78 is 16.2. The number of methoxy groups -OCH3 is 1. The molecule has 120 valence electrons. The lowest BCUT2D eigenvalue weighted by Gasteiger charge is -2.37. The third kappa shape index (κ3) is 2.70. The summed E-state index contributed by atoms with van der Waals surface area (Å²) in [6, 6.07) is 3.76. The van der Waals surface area contributed by atoms with Crippen LogP contribution in [0.3, 0.4) is 0 Å². The number of likely N-dealkylation sites (tertiary alicyclic amines) is 1. The highest BCUT2D eigenvalue weighted by atomic mass is 16.7. The van der Waals surface area contributed by atoms with Crippen LogP contribution in [-0.4, -0.2) is 42.5 Å². The second-order valence-electron chi connectivity index (χ2n) is 5.82. The van der Waals surface area contributed by atoms with Gasteiger partial charge in [-0.25, -0.2) is 0 Å². The Kier molecular flexibility index (Phi) is 4.11. The van der Waals surface area contributed by atoms with Gasteiger partial charge in [-0.05, 0) is 32.4 Å². The summed E-state index contributed by atoms with van der Waals surface area (Å²) in [5.41, 5.74) is 0.990. The zero-order valence-corrected chi connectivity index (χ0v) is 12.9. The minimum atomic E-state index is -0.713. The largest absolute Gasteiger partial charge is 0.496 e.